The highest BCUT2D eigenvalue weighted by molar-refractivity contribution is 6.34. The summed E-state index contributed by atoms with van der Waals surface area (Å²) >= 11 is 11.6. The zero-order chi connectivity index (χ0) is 12.6. The molecule has 0 aliphatic heterocycles. The molecule has 0 radical (unpaired) electrons. The van der Waals surface area contributed by atoms with Gasteiger partial charge in [-0.25, -0.2) is 9.36 Å². The average Bonchev–Trinajstić information content (AvgIpc) is 2.13. The predicted molar refractivity (Wildman–Crippen MR) is 67.1 cm³/mol. The van der Waals surface area contributed by atoms with Crippen LogP contribution < -0.4 is 17.0 Å². The van der Waals surface area contributed by atoms with Gasteiger partial charge in [0.15, 0.2) is 0 Å². The highest BCUT2D eigenvalue weighted by atomic mass is 35.5. The molecule has 0 saturated heterocycles. The summed E-state index contributed by atoms with van der Waals surface area (Å²) in [7, 11) is 0. The molecule has 0 unspecified atom stereocenters. The Kier molecular flexibility index (Phi) is 2.95. The Balaban J connectivity index is 2.77. The highest BCUT2D eigenvalue weighted by Gasteiger charge is 2.07. The Labute approximate surface area is 105 Å². The fourth-order valence-electron chi connectivity index (χ4n) is 1.45. The molecule has 1 aromatic carbocycles. The van der Waals surface area contributed by atoms with Crippen molar-refractivity contribution < 1.29 is 0 Å². The third-order valence-electron chi connectivity index (χ3n) is 2.08. The van der Waals surface area contributed by atoms with Crippen molar-refractivity contribution in [2.75, 3.05) is 5.73 Å². The van der Waals surface area contributed by atoms with Crippen molar-refractivity contribution in [1.82, 2.24) is 9.55 Å². The van der Waals surface area contributed by atoms with Crippen molar-refractivity contribution in [1.29, 1.82) is 0 Å². The number of nitrogens with zero attached hydrogens (tertiary/aromatic N) is 1. The lowest BCUT2D eigenvalue weighted by Gasteiger charge is -2.09. The Morgan fingerprint density at radius 2 is 1.65 bits per heavy atom. The van der Waals surface area contributed by atoms with Gasteiger partial charge >= 0.3 is 5.69 Å². The normalized spacial score (nSPS) is 10.5. The van der Waals surface area contributed by atoms with E-state index in [1.165, 1.54) is 18.2 Å². The lowest BCUT2D eigenvalue weighted by atomic mass is 10.3. The SMILES string of the molecule is Nc1cc(=O)[nH]c(=O)n1-c1cc(Cl)cc(Cl)c1. The van der Waals surface area contributed by atoms with Crippen LogP contribution in [0.2, 0.25) is 10.0 Å². The lowest BCUT2D eigenvalue weighted by molar-refractivity contribution is 0.909. The Bertz CT molecular complexity index is 670. The van der Waals surface area contributed by atoms with Gasteiger partial charge in [-0.3, -0.25) is 9.78 Å². The number of H-pyrrole nitrogens is 1. The molecule has 7 heteroatoms. The van der Waals surface area contributed by atoms with E-state index in [2.05, 4.69) is 4.98 Å². The molecular formula is C10H7Cl2N3O2. The number of benzene rings is 1. The van der Waals surface area contributed by atoms with E-state index in [-0.39, 0.29) is 5.82 Å². The second-order valence-electron chi connectivity index (χ2n) is 3.33. The maximum atomic E-state index is 11.6. The summed E-state index contributed by atoms with van der Waals surface area (Å²) in [4.78, 5) is 24.8. The van der Waals surface area contributed by atoms with Gasteiger partial charge < -0.3 is 5.73 Å². The summed E-state index contributed by atoms with van der Waals surface area (Å²) in [6.45, 7) is 0. The van der Waals surface area contributed by atoms with Gasteiger partial charge in [0, 0.05) is 16.1 Å². The first kappa shape index (κ1) is 11.8. The fraction of sp³-hybridized carbons (Fsp3) is 0. The molecule has 0 amide bonds. The van der Waals surface area contributed by atoms with Crippen LogP contribution in [0, 0.1) is 0 Å². The van der Waals surface area contributed by atoms with Gasteiger partial charge in [-0.15, -0.1) is 0 Å². The quantitative estimate of drug-likeness (QED) is 0.823. The first-order valence-corrected chi connectivity index (χ1v) is 5.31. The standard InChI is InChI=1S/C10H7Cl2N3O2/c11-5-1-6(12)3-7(2-5)15-8(13)4-9(16)14-10(15)17/h1-4H,13H2,(H,14,16,17). The van der Waals surface area contributed by atoms with Crippen LogP contribution in [0.25, 0.3) is 5.69 Å². The summed E-state index contributed by atoms with van der Waals surface area (Å²) in [5.41, 5.74) is 4.80. The lowest BCUT2D eigenvalue weighted by Crippen LogP contribution is -2.30. The van der Waals surface area contributed by atoms with E-state index in [0.29, 0.717) is 15.7 Å². The molecule has 1 aromatic heterocycles. The van der Waals surface area contributed by atoms with Crippen molar-refractivity contribution in [2.24, 2.45) is 0 Å². The molecule has 5 nitrogen and oxygen atoms in total. The predicted octanol–water partition coefficient (Wildman–Crippen LogP) is 1.41. The van der Waals surface area contributed by atoms with E-state index in [4.69, 9.17) is 28.9 Å². The largest absolute Gasteiger partial charge is 0.385 e. The smallest absolute Gasteiger partial charge is 0.334 e. The van der Waals surface area contributed by atoms with Crippen LogP contribution in [0.1, 0.15) is 0 Å². The maximum Gasteiger partial charge on any atom is 0.334 e. The minimum Gasteiger partial charge on any atom is -0.385 e. The van der Waals surface area contributed by atoms with E-state index in [9.17, 15) is 9.59 Å². The molecule has 0 aliphatic rings. The van der Waals surface area contributed by atoms with Crippen LogP contribution in [0.15, 0.2) is 33.9 Å². The molecule has 0 aliphatic carbocycles. The number of rotatable bonds is 1. The summed E-state index contributed by atoms with van der Waals surface area (Å²) in [6, 6.07) is 5.67. The van der Waals surface area contributed by atoms with Gasteiger partial charge in [0.25, 0.3) is 5.56 Å². The number of hydrogen-bond acceptors (Lipinski definition) is 3. The van der Waals surface area contributed by atoms with Crippen molar-refractivity contribution in [3.8, 4) is 5.69 Å². The first-order valence-electron chi connectivity index (χ1n) is 4.56. The molecular weight excluding hydrogens is 265 g/mol. The monoisotopic (exact) mass is 271 g/mol. The molecule has 0 saturated carbocycles. The van der Waals surface area contributed by atoms with Gasteiger partial charge in [0.2, 0.25) is 0 Å². The number of halogens is 2. The second kappa shape index (κ2) is 4.27. The molecule has 0 fully saturated rings. The second-order valence-corrected chi connectivity index (χ2v) is 4.20. The highest BCUT2D eigenvalue weighted by Crippen LogP contribution is 2.21. The van der Waals surface area contributed by atoms with Crippen LogP contribution in [0.4, 0.5) is 5.82 Å². The summed E-state index contributed by atoms with van der Waals surface area (Å²) in [5, 5.41) is 0.731. The number of anilines is 1. The van der Waals surface area contributed by atoms with Crippen LogP contribution in [-0.2, 0) is 0 Å². The topological polar surface area (TPSA) is 80.9 Å². The molecule has 0 spiro atoms. The number of nitrogens with two attached hydrogens (primary N) is 1. The molecule has 3 N–H and O–H groups in total. The first-order chi connectivity index (χ1) is 7.97. The van der Waals surface area contributed by atoms with E-state index < -0.39 is 11.2 Å². The summed E-state index contributed by atoms with van der Waals surface area (Å²) in [6.07, 6.45) is 0. The zero-order valence-corrected chi connectivity index (χ0v) is 9.92. The summed E-state index contributed by atoms with van der Waals surface area (Å²) in [5.74, 6) is 0.0112. The molecule has 2 aromatic rings. The van der Waals surface area contributed by atoms with Crippen LogP contribution in [0.3, 0.4) is 0 Å². The number of nitrogen functional groups attached to an aromatic ring is 1. The van der Waals surface area contributed by atoms with Crippen LogP contribution in [-0.4, -0.2) is 9.55 Å². The minimum atomic E-state index is -0.645. The fourth-order valence-corrected chi connectivity index (χ4v) is 1.96. The number of aromatic nitrogens is 2. The average molecular weight is 272 g/mol. The van der Waals surface area contributed by atoms with Gasteiger partial charge in [-0.05, 0) is 18.2 Å². The number of nitrogens with one attached hydrogen (secondary N) is 1. The van der Waals surface area contributed by atoms with Gasteiger partial charge in [-0.2, -0.15) is 0 Å². The van der Waals surface area contributed by atoms with Crippen molar-refractivity contribution in [3.05, 3.63) is 55.1 Å². The van der Waals surface area contributed by atoms with E-state index >= 15 is 0 Å². The van der Waals surface area contributed by atoms with Crippen molar-refractivity contribution in [3.63, 3.8) is 0 Å². The maximum absolute atomic E-state index is 11.6. The Morgan fingerprint density at radius 1 is 1.06 bits per heavy atom. The third-order valence-corrected chi connectivity index (χ3v) is 2.51. The summed E-state index contributed by atoms with van der Waals surface area (Å²) < 4.78 is 1.11. The van der Waals surface area contributed by atoms with E-state index in [0.717, 1.165) is 10.6 Å². The van der Waals surface area contributed by atoms with Crippen LogP contribution in [0.5, 0.6) is 0 Å². The number of hydrogen-bond donors (Lipinski definition) is 2. The van der Waals surface area contributed by atoms with E-state index in [1.54, 1.807) is 0 Å². The number of aromatic amines is 1. The molecule has 1 heterocycles. The minimum absolute atomic E-state index is 0.0112. The zero-order valence-electron chi connectivity index (χ0n) is 8.41. The molecule has 0 bridgehead atoms. The Hall–Kier alpha value is -1.72. The molecule has 88 valence electrons. The van der Waals surface area contributed by atoms with E-state index in [1.807, 2.05) is 0 Å². The van der Waals surface area contributed by atoms with Crippen molar-refractivity contribution >= 4 is 29.0 Å². The van der Waals surface area contributed by atoms with Gasteiger partial charge in [-0.1, -0.05) is 23.2 Å². The third kappa shape index (κ3) is 2.35. The molecule has 2 rings (SSSR count). The van der Waals surface area contributed by atoms with Gasteiger partial charge in [0.1, 0.15) is 5.82 Å². The molecule has 17 heavy (non-hydrogen) atoms. The van der Waals surface area contributed by atoms with Gasteiger partial charge in [0.05, 0.1) is 5.69 Å². The van der Waals surface area contributed by atoms with Crippen LogP contribution >= 0.6 is 23.2 Å². The molecule has 0 atom stereocenters. The van der Waals surface area contributed by atoms with Crippen molar-refractivity contribution in [2.45, 2.75) is 0 Å². The Morgan fingerprint density at radius 3 is 2.18 bits per heavy atom.